The molecule has 1 saturated heterocycles. The van der Waals surface area contributed by atoms with Gasteiger partial charge in [0.25, 0.3) is 5.79 Å². The van der Waals surface area contributed by atoms with Gasteiger partial charge in [-0.3, -0.25) is 0 Å². The molecule has 0 radical (unpaired) electrons. The molecule has 4 aliphatic carbocycles. The zero-order valence-corrected chi connectivity index (χ0v) is 13.0. The number of rotatable bonds is 4. The summed E-state index contributed by atoms with van der Waals surface area (Å²) >= 11 is 0. The minimum Gasteiger partial charge on any atom is -0.445 e. The second-order valence-electron chi connectivity index (χ2n) is 8.10. The number of hydrogen-bond donors (Lipinski definition) is 0. The minimum atomic E-state index is -0.725. The van der Waals surface area contributed by atoms with Gasteiger partial charge in [-0.15, -0.1) is 0 Å². The third-order valence-electron chi connectivity index (χ3n) is 6.56. The standard InChI is InChI=1S/C18H26O3/c1-3-18(20-12(2)16(19)21-18)5-4-17-9-13-6-14(10-17)8-15(7-13)11-17/h13-15H,2-11H2,1H3. The Bertz CT molecular complexity index is 428. The van der Waals surface area contributed by atoms with Crippen molar-refractivity contribution in [3.05, 3.63) is 12.3 Å². The van der Waals surface area contributed by atoms with Crippen LogP contribution in [0, 0.1) is 23.2 Å². The normalized spacial score (nSPS) is 47.6. The summed E-state index contributed by atoms with van der Waals surface area (Å²) in [6, 6.07) is 0. The first-order valence-electron chi connectivity index (χ1n) is 8.63. The zero-order valence-electron chi connectivity index (χ0n) is 13.0. The number of esters is 1. The summed E-state index contributed by atoms with van der Waals surface area (Å²) in [6.45, 7) is 5.69. The van der Waals surface area contributed by atoms with Crippen LogP contribution in [0.1, 0.15) is 64.7 Å². The van der Waals surface area contributed by atoms with Gasteiger partial charge in [-0.2, -0.15) is 0 Å². The van der Waals surface area contributed by atoms with Crippen LogP contribution < -0.4 is 0 Å². The average molecular weight is 290 g/mol. The van der Waals surface area contributed by atoms with Crippen molar-refractivity contribution in [2.75, 3.05) is 0 Å². The van der Waals surface area contributed by atoms with E-state index in [1.165, 1.54) is 38.5 Å². The van der Waals surface area contributed by atoms with Crippen LogP contribution >= 0.6 is 0 Å². The smallest absolute Gasteiger partial charge is 0.376 e. The predicted octanol–water partition coefficient (Wildman–Crippen LogP) is 4.18. The lowest BCUT2D eigenvalue weighted by Crippen LogP contribution is -2.47. The van der Waals surface area contributed by atoms with Crippen molar-refractivity contribution in [2.45, 2.75) is 70.5 Å². The van der Waals surface area contributed by atoms with Crippen molar-refractivity contribution in [1.29, 1.82) is 0 Å². The van der Waals surface area contributed by atoms with Gasteiger partial charge in [-0.05, 0) is 74.7 Å². The van der Waals surface area contributed by atoms with Crippen LogP contribution in [0.5, 0.6) is 0 Å². The molecule has 3 nitrogen and oxygen atoms in total. The molecule has 0 aromatic rings. The number of cyclic esters (lactones) is 1. The maximum absolute atomic E-state index is 11.6. The minimum absolute atomic E-state index is 0.183. The Morgan fingerprint density at radius 3 is 2.05 bits per heavy atom. The zero-order chi connectivity index (χ0) is 14.7. The van der Waals surface area contributed by atoms with Crippen molar-refractivity contribution in [3.63, 3.8) is 0 Å². The Labute approximate surface area is 127 Å². The third kappa shape index (κ3) is 2.20. The maximum atomic E-state index is 11.6. The lowest BCUT2D eigenvalue weighted by atomic mass is 9.48. The highest BCUT2D eigenvalue weighted by Gasteiger charge is 2.52. The largest absolute Gasteiger partial charge is 0.445 e. The summed E-state index contributed by atoms with van der Waals surface area (Å²) in [5.74, 6) is 1.99. The predicted molar refractivity (Wildman–Crippen MR) is 79.2 cm³/mol. The Balaban J connectivity index is 1.47. The van der Waals surface area contributed by atoms with Gasteiger partial charge in [-0.1, -0.05) is 6.92 Å². The lowest BCUT2D eigenvalue weighted by Gasteiger charge is -2.57. The van der Waals surface area contributed by atoms with Crippen molar-refractivity contribution >= 4 is 5.97 Å². The van der Waals surface area contributed by atoms with E-state index in [4.69, 9.17) is 9.47 Å². The highest BCUT2D eigenvalue weighted by molar-refractivity contribution is 5.87. The number of hydrogen-bond acceptors (Lipinski definition) is 3. The Morgan fingerprint density at radius 1 is 1.05 bits per heavy atom. The highest BCUT2D eigenvalue weighted by atomic mass is 16.8. The second kappa shape index (κ2) is 4.50. The fraction of sp³-hybridized carbons (Fsp3) is 0.833. The average Bonchev–Trinajstić information content (AvgIpc) is 2.71. The van der Waals surface area contributed by atoms with E-state index in [9.17, 15) is 4.79 Å². The van der Waals surface area contributed by atoms with Crippen LogP contribution in [0.4, 0.5) is 0 Å². The molecule has 3 heteroatoms. The van der Waals surface area contributed by atoms with E-state index >= 15 is 0 Å². The van der Waals surface area contributed by atoms with Crippen LogP contribution in [-0.2, 0) is 14.3 Å². The summed E-state index contributed by atoms with van der Waals surface area (Å²) < 4.78 is 11.2. The first-order valence-corrected chi connectivity index (χ1v) is 8.63. The molecule has 116 valence electrons. The van der Waals surface area contributed by atoms with Gasteiger partial charge in [0, 0.05) is 12.8 Å². The second-order valence-corrected chi connectivity index (χ2v) is 8.10. The summed E-state index contributed by atoms with van der Waals surface area (Å²) in [5.41, 5.74) is 0.511. The molecule has 1 atom stereocenters. The molecule has 4 saturated carbocycles. The van der Waals surface area contributed by atoms with Crippen molar-refractivity contribution in [3.8, 4) is 0 Å². The van der Waals surface area contributed by atoms with Crippen LogP contribution in [0.2, 0.25) is 0 Å². The molecule has 0 aromatic carbocycles. The number of carbonyl (C=O) groups is 1. The molecule has 5 rings (SSSR count). The van der Waals surface area contributed by atoms with Gasteiger partial charge in [-0.25, -0.2) is 4.79 Å². The molecule has 1 heterocycles. The van der Waals surface area contributed by atoms with Gasteiger partial charge in [0.05, 0.1) is 0 Å². The SMILES string of the molecule is C=C1OC(CC)(CCC23CC4CC(CC(C4)C2)C3)OC1=O. The van der Waals surface area contributed by atoms with Gasteiger partial charge in [0.1, 0.15) is 0 Å². The van der Waals surface area contributed by atoms with Gasteiger partial charge in [0.15, 0.2) is 0 Å². The highest BCUT2D eigenvalue weighted by Crippen LogP contribution is 2.62. The van der Waals surface area contributed by atoms with Crippen LogP contribution in [0.3, 0.4) is 0 Å². The van der Waals surface area contributed by atoms with Gasteiger partial charge in [0.2, 0.25) is 5.76 Å². The molecule has 4 bridgehead atoms. The van der Waals surface area contributed by atoms with E-state index in [2.05, 4.69) is 6.58 Å². The summed E-state index contributed by atoms with van der Waals surface area (Å²) in [6.07, 6.45) is 11.3. The van der Waals surface area contributed by atoms with Crippen molar-refractivity contribution in [1.82, 2.24) is 0 Å². The van der Waals surface area contributed by atoms with E-state index in [0.29, 0.717) is 11.8 Å². The van der Waals surface area contributed by atoms with E-state index < -0.39 is 5.79 Å². The van der Waals surface area contributed by atoms with E-state index in [1.807, 2.05) is 6.92 Å². The molecule has 1 aliphatic heterocycles. The van der Waals surface area contributed by atoms with Crippen molar-refractivity contribution < 1.29 is 14.3 Å². The van der Waals surface area contributed by atoms with Gasteiger partial charge < -0.3 is 9.47 Å². The summed E-state index contributed by atoms with van der Waals surface area (Å²) in [4.78, 5) is 11.6. The summed E-state index contributed by atoms with van der Waals surface area (Å²) in [5, 5.41) is 0. The maximum Gasteiger partial charge on any atom is 0.376 e. The molecule has 5 fully saturated rings. The van der Waals surface area contributed by atoms with E-state index in [0.717, 1.165) is 30.6 Å². The quantitative estimate of drug-likeness (QED) is 0.575. The first-order chi connectivity index (χ1) is 10.0. The summed E-state index contributed by atoms with van der Waals surface area (Å²) in [7, 11) is 0. The Kier molecular flexibility index (Phi) is 2.93. The lowest BCUT2D eigenvalue weighted by molar-refractivity contribution is -0.181. The number of ether oxygens (including phenoxy) is 2. The first kappa shape index (κ1) is 13.7. The van der Waals surface area contributed by atoms with E-state index in [1.54, 1.807) is 0 Å². The Hall–Kier alpha value is -0.990. The van der Waals surface area contributed by atoms with Crippen molar-refractivity contribution in [2.24, 2.45) is 23.2 Å². The van der Waals surface area contributed by atoms with E-state index in [-0.39, 0.29) is 11.7 Å². The molecule has 0 aromatic heterocycles. The van der Waals surface area contributed by atoms with Gasteiger partial charge >= 0.3 is 5.97 Å². The third-order valence-corrected chi connectivity index (χ3v) is 6.56. The molecule has 1 unspecified atom stereocenters. The molecule has 5 aliphatic rings. The van der Waals surface area contributed by atoms with Crippen LogP contribution in [-0.4, -0.2) is 11.8 Å². The van der Waals surface area contributed by atoms with Crippen LogP contribution in [0.25, 0.3) is 0 Å². The molecule has 0 amide bonds. The molecule has 0 spiro atoms. The monoisotopic (exact) mass is 290 g/mol. The topological polar surface area (TPSA) is 35.5 Å². The fourth-order valence-corrected chi connectivity index (χ4v) is 5.99. The number of carbonyl (C=O) groups excluding carboxylic acids is 1. The van der Waals surface area contributed by atoms with Crippen LogP contribution in [0.15, 0.2) is 12.3 Å². The molecular formula is C18H26O3. The Morgan fingerprint density at radius 2 is 1.62 bits per heavy atom. The molecule has 0 N–H and O–H groups in total. The molecule has 21 heavy (non-hydrogen) atoms. The fourth-order valence-electron chi connectivity index (χ4n) is 5.99. The molecular weight excluding hydrogens is 264 g/mol.